The Kier molecular flexibility index (Phi) is 4.25. The monoisotopic (exact) mass is 396 g/mol. The van der Waals surface area contributed by atoms with Crippen molar-refractivity contribution in [1.82, 2.24) is 14.5 Å². The molecule has 146 valence electrons. The molecule has 30 heavy (non-hydrogen) atoms. The third-order valence-corrected chi connectivity index (χ3v) is 5.13. The van der Waals surface area contributed by atoms with Gasteiger partial charge in [-0.25, -0.2) is 9.37 Å². The fourth-order valence-electron chi connectivity index (χ4n) is 3.62. The predicted molar refractivity (Wildman–Crippen MR) is 116 cm³/mol. The first kappa shape index (κ1) is 18.0. The molecule has 0 bridgehead atoms. The third-order valence-electron chi connectivity index (χ3n) is 5.13. The molecular formula is C24H17FN4O. The van der Waals surface area contributed by atoms with Crippen molar-refractivity contribution in [3.8, 4) is 5.69 Å². The highest BCUT2D eigenvalue weighted by atomic mass is 19.1. The summed E-state index contributed by atoms with van der Waals surface area (Å²) >= 11 is 0. The molecule has 0 aliphatic heterocycles. The van der Waals surface area contributed by atoms with Gasteiger partial charge in [0.1, 0.15) is 17.2 Å². The van der Waals surface area contributed by atoms with E-state index < -0.39 is 0 Å². The summed E-state index contributed by atoms with van der Waals surface area (Å²) < 4.78 is 15.6. The standard InChI is InChI=1S/C24H17FN4O/c1-28(19-10-9-16-5-3-11-26-21(16)15-19)24(30)22-13-17-6-4-12-27-23(17)29(22)20-8-2-7-18(25)14-20/h2-15H,1H3. The molecule has 5 nitrogen and oxygen atoms in total. The van der Waals surface area contributed by atoms with E-state index in [2.05, 4.69) is 9.97 Å². The largest absolute Gasteiger partial charge is 0.310 e. The number of carbonyl (C=O) groups excluding carboxylic acids is 1. The van der Waals surface area contributed by atoms with Crippen LogP contribution in [0.5, 0.6) is 0 Å². The zero-order valence-electron chi connectivity index (χ0n) is 16.2. The second-order valence-electron chi connectivity index (χ2n) is 7.01. The lowest BCUT2D eigenvalue weighted by Gasteiger charge is -2.19. The van der Waals surface area contributed by atoms with Crippen LogP contribution in [0.25, 0.3) is 27.6 Å². The Morgan fingerprint density at radius 2 is 1.70 bits per heavy atom. The fourth-order valence-corrected chi connectivity index (χ4v) is 3.62. The van der Waals surface area contributed by atoms with Crippen molar-refractivity contribution >= 4 is 33.5 Å². The average molecular weight is 396 g/mol. The summed E-state index contributed by atoms with van der Waals surface area (Å²) in [5, 5.41) is 1.80. The number of fused-ring (bicyclic) bond motifs is 2. The lowest BCUT2D eigenvalue weighted by atomic mass is 10.2. The van der Waals surface area contributed by atoms with E-state index in [0.29, 0.717) is 17.0 Å². The maximum atomic E-state index is 13.9. The lowest BCUT2D eigenvalue weighted by Crippen LogP contribution is -2.28. The molecule has 3 heterocycles. The molecule has 0 atom stereocenters. The molecule has 5 aromatic rings. The summed E-state index contributed by atoms with van der Waals surface area (Å²) in [5.41, 5.74) is 3.07. The first-order chi connectivity index (χ1) is 14.6. The van der Waals surface area contributed by atoms with Crippen molar-refractivity contribution in [1.29, 1.82) is 0 Å². The average Bonchev–Trinajstić information content (AvgIpc) is 3.17. The lowest BCUT2D eigenvalue weighted by molar-refractivity contribution is 0.0987. The molecule has 0 saturated heterocycles. The zero-order chi connectivity index (χ0) is 20.7. The molecule has 2 aromatic carbocycles. The Morgan fingerprint density at radius 1 is 0.900 bits per heavy atom. The Morgan fingerprint density at radius 3 is 2.53 bits per heavy atom. The molecule has 0 fully saturated rings. The Balaban J connectivity index is 1.64. The summed E-state index contributed by atoms with van der Waals surface area (Å²) in [6.45, 7) is 0. The van der Waals surface area contributed by atoms with E-state index in [1.807, 2.05) is 42.5 Å². The van der Waals surface area contributed by atoms with E-state index in [1.165, 1.54) is 12.1 Å². The number of anilines is 1. The van der Waals surface area contributed by atoms with Crippen LogP contribution in [0.4, 0.5) is 10.1 Å². The van der Waals surface area contributed by atoms with E-state index in [0.717, 1.165) is 22.0 Å². The highest BCUT2D eigenvalue weighted by Gasteiger charge is 2.22. The minimum atomic E-state index is -0.377. The van der Waals surface area contributed by atoms with Gasteiger partial charge < -0.3 is 4.90 Å². The number of aromatic nitrogens is 3. The van der Waals surface area contributed by atoms with Crippen LogP contribution < -0.4 is 4.90 Å². The van der Waals surface area contributed by atoms with E-state index >= 15 is 0 Å². The summed E-state index contributed by atoms with van der Waals surface area (Å²) in [5.74, 6) is -0.606. The van der Waals surface area contributed by atoms with Crippen molar-refractivity contribution in [2.45, 2.75) is 0 Å². The molecule has 0 spiro atoms. The highest BCUT2D eigenvalue weighted by molar-refractivity contribution is 6.08. The van der Waals surface area contributed by atoms with Gasteiger partial charge in [-0.15, -0.1) is 0 Å². The molecule has 0 unspecified atom stereocenters. The first-order valence-corrected chi connectivity index (χ1v) is 9.47. The highest BCUT2D eigenvalue weighted by Crippen LogP contribution is 2.27. The van der Waals surface area contributed by atoms with Gasteiger partial charge in [0.05, 0.1) is 11.2 Å². The first-order valence-electron chi connectivity index (χ1n) is 9.47. The molecule has 6 heteroatoms. The van der Waals surface area contributed by atoms with Gasteiger partial charge in [0.15, 0.2) is 0 Å². The molecule has 0 N–H and O–H groups in total. The normalized spacial score (nSPS) is 11.1. The van der Waals surface area contributed by atoms with E-state index in [9.17, 15) is 9.18 Å². The van der Waals surface area contributed by atoms with Gasteiger partial charge in [0, 0.05) is 35.9 Å². The zero-order valence-corrected chi connectivity index (χ0v) is 16.2. The summed E-state index contributed by atoms with van der Waals surface area (Å²) in [6, 6.07) is 21.2. The van der Waals surface area contributed by atoms with Crippen LogP contribution in [0.2, 0.25) is 0 Å². The van der Waals surface area contributed by atoms with Gasteiger partial charge >= 0.3 is 0 Å². The SMILES string of the molecule is CN(C(=O)c1cc2cccnc2n1-c1cccc(F)c1)c1ccc2cccnc2c1. The number of benzene rings is 2. The van der Waals surface area contributed by atoms with Gasteiger partial charge in [-0.3, -0.25) is 14.3 Å². The molecule has 1 amide bonds. The van der Waals surface area contributed by atoms with Crippen LogP contribution >= 0.6 is 0 Å². The smallest absolute Gasteiger partial charge is 0.275 e. The Labute approximate surface area is 172 Å². The number of carbonyl (C=O) groups is 1. The topological polar surface area (TPSA) is 51.0 Å². The van der Waals surface area contributed by atoms with Gasteiger partial charge in [0.2, 0.25) is 0 Å². The van der Waals surface area contributed by atoms with Gasteiger partial charge in [-0.2, -0.15) is 0 Å². The predicted octanol–water partition coefficient (Wildman–Crippen LogP) is 4.99. The maximum absolute atomic E-state index is 13.9. The fraction of sp³-hybridized carbons (Fsp3) is 0.0417. The van der Waals surface area contributed by atoms with Gasteiger partial charge in [-0.05, 0) is 54.6 Å². The van der Waals surface area contributed by atoms with Crippen LogP contribution in [0.1, 0.15) is 10.5 Å². The number of nitrogens with zero attached hydrogens (tertiary/aromatic N) is 4. The maximum Gasteiger partial charge on any atom is 0.275 e. The van der Waals surface area contributed by atoms with Crippen molar-refractivity contribution < 1.29 is 9.18 Å². The van der Waals surface area contributed by atoms with Crippen molar-refractivity contribution in [3.63, 3.8) is 0 Å². The number of halogens is 1. The van der Waals surface area contributed by atoms with E-state index in [-0.39, 0.29) is 11.7 Å². The molecule has 5 rings (SSSR count). The van der Waals surface area contributed by atoms with Crippen molar-refractivity contribution in [3.05, 3.63) is 96.7 Å². The number of hydrogen-bond acceptors (Lipinski definition) is 3. The van der Waals surface area contributed by atoms with Crippen molar-refractivity contribution in [2.24, 2.45) is 0 Å². The Bertz CT molecular complexity index is 1410. The number of hydrogen-bond donors (Lipinski definition) is 0. The van der Waals surface area contributed by atoms with Crippen molar-refractivity contribution in [2.75, 3.05) is 11.9 Å². The van der Waals surface area contributed by atoms with E-state index in [1.54, 1.807) is 47.1 Å². The molecular weight excluding hydrogens is 379 g/mol. The van der Waals surface area contributed by atoms with Gasteiger partial charge in [-0.1, -0.05) is 18.2 Å². The molecule has 0 saturated carbocycles. The second-order valence-corrected chi connectivity index (χ2v) is 7.01. The minimum absolute atomic E-state index is 0.229. The number of pyridine rings is 2. The summed E-state index contributed by atoms with van der Waals surface area (Å²) in [4.78, 5) is 23.9. The van der Waals surface area contributed by atoms with Crippen LogP contribution in [-0.2, 0) is 0 Å². The molecule has 0 aliphatic carbocycles. The van der Waals surface area contributed by atoms with Crippen LogP contribution in [0.15, 0.2) is 85.2 Å². The number of rotatable bonds is 3. The number of amides is 1. The molecule has 0 aliphatic rings. The van der Waals surface area contributed by atoms with E-state index in [4.69, 9.17) is 0 Å². The summed E-state index contributed by atoms with van der Waals surface area (Å²) in [6.07, 6.45) is 3.38. The summed E-state index contributed by atoms with van der Waals surface area (Å²) in [7, 11) is 1.72. The van der Waals surface area contributed by atoms with Crippen LogP contribution in [0, 0.1) is 5.82 Å². The quantitative estimate of drug-likeness (QED) is 0.432. The molecule has 3 aromatic heterocycles. The third kappa shape index (κ3) is 2.99. The second kappa shape index (κ2) is 7.08. The Hall–Kier alpha value is -4.06. The van der Waals surface area contributed by atoms with Crippen LogP contribution in [-0.4, -0.2) is 27.5 Å². The minimum Gasteiger partial charge on any atom is -0.310 e. The molecule has 0 radical (unpaired) electrons. The van der Waals surface area contributed by atoms with Gasteiger partial charge in [0.25, 0.3) is 5.91 Å². The van der Waals surface area contributed by atoms with Crippen LogP contribution in [0.3, 0.4) is 0 Å².